The van der Waals surface area contributed by atoms with Gasteiger partial charge >= 0.3 is 0 Å². The van der Waals surface area contributed by atoms with E-state index in [1.165, 1.54) is 0 Å². The van der Waals surface area contributed by atoms with Gasteiger partial charge in [0.05, 0.1) is 19.0 Å². The average Bonchev–Trinajstić information content (AvgIpc) is 3.38. The molecule has 1 N–H and O–H groups in total. The molecule has 4 rings (SSSR count). The molecule has 4 aromatic rings. The number of para-hydroxylation sites is 2. The fourth-order valence-electron chi connectivity index (χ4n) is 2.84. The van der Waals surface area contributed by atoms with Gasteiger partial charge in [-0.2, -0.15) is 10.2 Å². The lowest BCUT2D eigenvalue weighted by molar-refractivity contribution is 0.411. The number of nitrogens with zero attached hydrogens (tertiary/aromatic N) is 7. The van der Waals surface area contributed by atoms with Crippen molar-refractivity contribution in [1.82, 2.24) is 34.5 Å². The Hall–Kier alpha value is -3.75. The van der Waals surface area contributed by atoms with Crippen LogP contribution in [0, 0.1) is 0 Å². The van der Waals surface area contributed by atoms with Crippen LogP contribution in [0.2, 0.25) is 0 Å². The number of ether oxygens (including phenoxy) is 1. The van der Waals surface area contributed by atoms with Crippen molar-refractivity contribution in [1.29, 1.82) is 0 Å². The number of hydrogen-bond acceptors (Lipinski definition) is 7. The zero-order valence-electron chi connectivity index (χ0n) is 15.6. The molecular formula is C19H20N8O. The SMILES string of the molecule is COc1ccccc1-n1cc(-c2ccnc(NCCc3ncnn3C)n2)cn1. The van der Waals surface area contributed by atoms with Crippen LogP contribution in [0.4, 0.5) is 5.95 Å². The standard InChI is InChI=1S/C19H20N8O/c1-26-18(22-13-24-26)8-10-21-19-20-9-7-15(25-19)14-11-23-27(12-14)16-5-3-4-6-17(16)28-2/h3-7,9,11-13H,8,10H2,1-2H3,(H,20,21,25). The lowest BCUT2D eigenvalue weighted by atomic mass is 10.2. The third kappa shape index (κ3) is 3.68. The lowest BCUT2D eigenvalue weighted by Crippen LogP contribution is -2.11. The highest BCUT2D eigenvalue weighted by atomic mass is 16.5. The Labute approximate surface area is 162 Å². The summed E-state index contributed by atoms with van der Waals surface area (Å²) in [6.45, 7) is 0.663. The molecule has 0 fully saturated rings. The van der Waals surface area contributed by atoms with Gasteiger partial charge in [-0.15, -0.1) is 0 Å². The van der Waals surface area contributed by atoms with Crippen LogP contribution in [0.5, 0.6) is 5.75 Å². The molecule has 3 aromatic heterocycles. The molecule has 1 aromatic carbocycles. The van der Waals surface area contributed by atoms with Crippen molar-refractivity contribution in [2.24, 2.45) is 7.05 Å². The molecule has 0 spiro atoms. The Bertz CT molecular complexity index is 1070. The third-order valence-electron chi connectivity index (χ3n) is 4.30. The normalized spacial score (nSPS) is 10.8. The first-order chi connectivity index (χ1) is 13.7. The number of aryl methyl sites for hydroxylation is 1. The Morgan fingerprint density at radius 1 is 1.11 bits per heavy atom. The van der Waals surface area contributed by atoms with Crippen molar-refractivity contribution in [2.45, 2.75) is 6.42 Å². The van der Waals surface area contributed by atoms with E-state index in [4.69, 9.17) is 4.74 Å². The van der Waals surface area contributed by atoms with E-state index in [0.29, 0.717) is 12.5 Å². The van der Waals surface area contributed by atoms with E-state index in [1.807, 2.05) is 43.6 Å². The second-order valence-corrected chi connectivity index (χ2v) is 6.09. The zero-order valence-corrected chi connectivity index (χ0v) is 15.6. The summed E-state index contributed by atoms with van der Waals surface area (Å²) in [5, 5.41) is 11.7. The van der Waals surface area contributed by atoms with Crippen molar-refractivity contribution in [3.63, 3.8) is 0 Å². The fraction of sp³-hybridized carbons (Fsp3) is 0.211. The molecule has 9 nitrogen and oxygen atoms in total. The molecule has 0 bridgehead atoms. The van der Waals surface area contributed by atoms with Crippen molar-refractivity contribution in [3.05, 3.63) is 61.1 Å². The highest BCUT2D eigenvalue weighted by Crippen LogP contribution is 2.24. The predicted octanol–water partition coefficient (Wildman–Crippen LogP) is 2.12. The van der Waals surface area contributed by atoms with Gasteiger partial charge in [0.25, 0.3) is 0 Å². The topological polar surface area (TPSA) is 95.6 Å². The molecule has 0 unspecified atom stereocenters. The van der Waals surface area contributed by atoms with E-state index < -0.39 is 0 Å². The van der Waals surface area contributed by atoms with Gasteiger partial charge in [0.2, 0.25) is 5.95 Å². The zero-order chi connectivity index (χ0) is 19.3. The van der Waals surface area contributed by atoms with Crippen LogP contribution in [0.25, 0.3) is 16.9 Å². The number of benzene rings is 1. The molecule has 0 saturated heterocycles. The fourth-order valence-corrected chi connectivity index (χ4v) is 2.84. The van der Waals surface area contributed by atoms with Crippen molar-refractivity contribution in [2.75, 3.05) is 19.0 Å². The van der Waals surface area contributed by atoms with E-state index in [2.05, 4.69) is 30.5 Å². The van der Waals surface area contributed by atoms with Gasteiger partial charge < -0.3 is 10.1 Å². The van der Waals surface area contributed by atoms with E-state index in [0.717, 1.165) is 34.9 Å². The van der Waals surface area contributed by atoms with Crippen LogP contribution >= 0.6 is 0 Å². The number of anilines is 1. The van der Waals surface area contributed by atoms with Crippen molar-refractivity contribution < 1.29 is 4.74 Å². The van der Waals surface area contributed by atoms with Crippen LogP contribution in [0.1, 0.15) is 5.82 Å². The molecule has 0 aliphatic rings. The molecule has 0 saturated carbocycles. The largest absolute Gasteiger partial charge is 0.494 e. The predicted molar refractivity (Wildman–Crippen MR) is 104 cm³/mol. The molecular weight excluding hydrogens is 356 g/mol. The van der Waals surface area contributed by atoms with Crippen LogP contribution in [0.3, 0.4) is 0 Å². The van der Waals surface area contributed by atoms with Gasteiger partial charge in [-0.1, -0.05) is 12.1 Å². The van der Waals surface area contributed by atoms with Crippen LogP contribution < -0.4 is 10.1 Å². The highest BCUT2D eigenvalue weighted by Gasteiger charge is 2.09. The van der Waals surface area contributed by atoms with Crippen molar-refractivity contribution in [3.8, 4) is 22.7 Å². The van der Waals surface area contributed by atoms with Crippen LogP contribution in [-0.2, 0) is 13.5 Å². The van der Waals surface area contributed by atoms with E-state index in [9.17, 15) is 0 Å². The molecule has 0 aliphatic carbocycles. The number of methoxy groups -OCH3 is 1. The van der Waals surface area contributed by atoms with E-state index >= 15 is 0 Å². The smallest absolute Gasteiger partial charge is 0.223 e. The van der Waals surface area contributed by atoms with E-state index in [-0.39, 0.29) is 0 Å². The molecule has 3 heterocycles. The summed E-state index contributed by atoms with van der Waals surface area (Å²) in [5.41, 5.74) is 2.55. The molecule has 0 radical (unpaired) electrons. The minimum absolute atomic E-state index is 0.560. The lowest BCUT2D eigenvalue weighted by Gasteiger charge is -2.07. The first kappa shape index (κ1) is 17.7. The second-order valence-electron chi connectivity index (χ2n) is 6.09. The summed E-state index contributed by atoms with van der Waals surface area (Å²) < 4.78 is 8.94. The Morgan fingerprint density at radius 2 is 2.00 bits per heavy atom. The van der Waals surface area contributed by atoms with Gasteiger partial charge in [0, 0.05) is 38.0 Å². The summed E-state index contributed by atoms with van der Waals surface area (Å²) in [6, 6.07) is 9.59. The van der Waals surface area contributed by atoms with Gasteiger partial charge in [0.15, 0.2) is 0 Å². The van der Waals surface area contributed by atoms with Gasteiger partial charge in [0.1, 0.15) is 23.6 Å². The Balaban J connectivity index is 1.49. The maximum atomic E-state index is 5.41. The highest BCUT2D eigenvalue weighted by molar-refractivity contribution is 5.59. The maximum absolute atomic E-state index is 5.41. The first-order valence-corrected chi connectivity index (χ1v) is 8.83. The van der Waals surface area contributed by atoms with Crippen LogP contribution in [0.15, 0.2) is 55.2 Å². The average molecular weight is 376 g/mol. The summed E-state index contributed by atoms with van der Waals surface area (Å²) in [6.07, 6.45) is 7.71. The summed E-state index contributed by atoms with van der Waals surface area (Å²) in [5.74, 6) is 2.22. The monoisotopic (exact) mass is 376 g/mol. The molecule has 9 heteroatoms. The number of rotatable bonds is 7. The first-order valence-electron chi connectivity index (χ1n) is 8.83. The second kappa shape index (κ2) is 7.87. The molecule has 0 amide bonds. The Kier molecular flexibility index (Phi) is 4.96. The minimum atomic E-state index is 0.560. The third-order valence-corrected chi connectivity index (χ3v) is 4.30. The molecule has 142 valence electrons. The minimum Gasteiger partial charge on any atom is -0.494 e. The molecule has 28 heavy (non-hydrogen) atoms. The summed E-state index contributed by atoms with van der Waals surface area (Å²) in [7, 11) is 3.52. The van der Waals surface area contributed by atoms with Crippen LogP contribution in [-0.4, -0.2) is 48.2 Å². The van der Waals surface area contributed by atoms with E-state index in [1.54, 1.807) is 35.2 Å². The van der Waals surface area contributed by atoms with Crippen molar-refractivity contribution >= 4 is 5.95 Å². The number of hydrogen-bond donors (Lipinski definition) is 1. The summed E-state index contributed by atoms with van der Waals surface area (Å²) >= 11 is 0. The number of nitrogens with one attached hydrogen (secondary N) is 1. The van der Waals surface area contributed by atoms with Gasteiger partial charge in [-0.25, -0.2) is 19.6 Å². The van der Waals surface area contributed by atoms with Gasteiger partial charge in [-0.05, 0) is 18.2 Å². The van der Waals surface area contributed by atoms with Gasteiger partial charge in [-0.3, -0.25) is 4.68 Å². The maximum Gasteiger partial charge on any atom is 0.223 e. The Morgan fingerprint density at radius 3 is 2.82 bits per heavy atom. The molecule has 0 atom stereocenters. The summed E-state index contributed by atoms with van der Waals surface area (Å²) in [4.78, 5) is 13.1. The molecule has 0 aliphatic heterocycles. The quantitative estimate of drug-likeness (QED) is 0.528. The number of aromatic nitrogens is 7.